The zero-order chi connectivity index (χ0) is 17.4. The van der Waals surface area contributed by atoms with E-state index < -0.39 is 17.9 Å². The average molecular weight is 438 g/mol. The first-order valence-electron chi connectivity index (χ1n) is 6.24. The maximum atomic E-state index is 11.7. The van der Waals surface area contributed by atoms with Gasteiger partial charge in [0.25, 0.3) is 0 Å². The molecule has 0 bridgehead atoms. The lowest BCUT2D eigenvalue weighted by Gasteiger charge is -2.13. The van der Waals surface area contributed by atoms with Crippen molar-refractivity contribution in [3.05, 3.63) is 21.3 Å². The molecular formula is C14H15IO8. The molecule has 0 aliphatic heterocycles. The van der Waals surface area contributed by atoms with Crippen LogP contribution >= 0.6 is 22.6 Å². The molecule has 0 aliphatic carbocycles. The predicted octanol–water partition coefficient (Wildman–Crippen LogP) is 1.18. The molecule has 0 spiro atoms. The van der Waals surface area contributed by atoms with E-state index in [1.165, 1.54) is 33.5 Å². The minimum atomic E-state index is -0.618. The molecule has 0 atom stereocenters. The molecule has 0 heterocycles. The molecule has 1 rings (SSSR count). The molecule has 0 unspecified atom stereocenters. The Bertz CT molecular complexity index is 557. The molecule has 23 heavy (non-hydrogen) atoms. The van der Waals surface area contributed by atoms with Gasteiger partial charge < -0.3 is 23.7 Å². The summed E-state index contributed by atoms with van der Waals surface area (Å²) in [5.74, 6) is -1.34. The lowest BCUT2D eigenvalue weighted by molar-refractivity contribution is -0.143. The summed E-state index contributed by atoms with van der Waals surface area (Å²) in [7, 11) is 3.68. The van der Waals surface area contributed by atoms with Gasteiger partial charge in [0, 0.05) is 0 Å². The number of methoxy groups -OCH3 is 3. The van der Waals surface area contributed by atoms with Crippen LogP contribution in [0.1, 0.15) is 10.4 Å². The van der Waals surface area contributed by atoms with Gasteiger partial charge in [-0.2, -0.15) is 0 Å². The van der Waals surface area contributed by atoms with E-state index in [1.54, 1.807) is 0 Å². The van der Waals surface area contributed by atoms with Crippen LogP contribution in [-0.4, -0.2) is 52.5 Å². The van der Waals surface area contributed by atoms with Gasteiger partial charge in [0.15, 0.2) is 13.2 Å². The molecule has 9 heteroatoms. The van der Waals surface area contributed by atoms with Crippen molar-refractivity contribution in [1.82, 2.24) is 0 Å². The Hall–Kier alpha value is -2.04. The third-order valence-corrected chi connectivity index (χ3v) is 3.64. The van der Waals surface area contributed by atoms with Crippen LogP contribution in [0.5, 0.6) is 11.5 Å². The summed E-state index contributed by atoms with van der Waals surface area (Å²) in [6, 6.07) is 2.81. The molecule has 8 nitrogen and oxygen atoms in total. The normalized spacial score (nSPS) is 9.74. The van der Waals surface area contributed by atoms with E-state index in [9.17, 15) is 14.4 Å². The van der Waals surface area contributed by atoms with Crippen LogP contribution in [0.15, 0.2) is 12.1 Å². The average Bonchev–Trinajstić information content (AvgIpc) is 2.58. The Morgan fingerprint density at radius 3 is 1.65 bits per heavy atom. The second kappa shape index (κ2) is 9.18. The van der Waals surface area contributed by atoms with Gasteiger partial charge in [0.05, 0.1) is 30.5 Å². The van der Waals surface area contributed by atoms with Crippen molar-refractivity contribution in [2.75, 3.05) is 34.5 Å². The van der Waals surface area contributed by atoms with E-state index in [0.717, 1.165) is 0 Å². The van der Waals surface area contributed by atoms with Crippen LogP contribution in [0.4, 0.5) is 0 Å². The van der Waals surface area contributed by atoms with Gasteiger partial charge in [0.1, 0.15) is 11.5 Å². The number of carbonyl (C=O) groups is 3. The van der Waals surface area contributed by atoms with E-state index in [2.05, 4.69) is 14.2 Å². The van der Waals surface area contributed by atoms with Crippen LogP contribution in [0, 0.1) is 3.57 Å². The molecule has 1 aromatic rings. The Morgan fingerprint density at radius 1 is 0.870 bits per heavy atom. The molecule has 0 saturated carbocycles. The van der Waals surface area contributed by atoms with Crippen molar-refractivity contribution in [2.24, 2.45) is 0 Å². The third kappa shape index (κ3) is 5.58. The molecule has 126 valence electrons. The quantitative estimate of drug-likeness (QED) is 0.356. The first-order valence-corrected chi connectivity index (χ1v) is 7.31. The summed E-state index contributed by atoms with van der Waals surface area (Å²) >= 11 is 1.90. The summed E-state index contributed by atoms with van der Waals surface area (Å²) in [5, 5.41) is 0. The number of halogens is 1. The third-order valence-electron chi connectivity index (χ3n) is 2.57. The highest BCUT2D eigenvalue weighted by atomic mass is 127. The fourth-order valence-electron chi connectivity index (χ4n) is 1.41. The van der Waals surface area contributed by atoms with E-state index in [0.29, 0.717) is 3.57 Å². The number of hydrogen-bond acceptors (Lipinski definition) is 8. The molecule has 0 saturated heterocycles. The van der Waals surface area contributed by atoms with E-state index in [1.807, 2.05) is 22.6 Å². The summed E-state index contributed by atoms with van der Waals surface area (Å²) in [6.07, 6.45) is 0. The predicted molar refractivity (Wildman–Crippen MR) is 85.5 cm³/mol. The highest BCUT2D eigenvalue weighted by Gasteiger charge is 2.18. The first kappa shape index (κ1) is 19.0. The molecule has 0 aromatic heterocycles. The Morgan fingerprint density at radius 2 is 1.30 bits per heavy atom. The van der Waals surface area contributed by atoms with Crippen molar-refractivity contribution in [3.63, 3.8) is 0 Å². The summed E-state index contributed by atoms with van der Waals surface area (Å²) in [6.45, 7) is -0.679. The lowest BCUT2D eigenvalue weighted by Crippen LogP contribution is -2.16. The van der Waals surface area contributed by atoms with Crippen molar-refractivity contribution in [1.29, 1.82) is 0 Å². The monoisotopic (exact) mass is 438 g/mol. The number of hydrogen-bond donors (Lipinski definition) is 0. The van der Waals surface area contributed by atoms with Crippen LogP contribution < -0.4 is 9.47 Å². The van der Waals surface area contributed by atoms with Crippen molar-refractivity contribution < 1.29 is 38.1 Å². The van der Waals surface area contributed by atoms with Crippen molar-refractivity contribution >= 4 is 40.5 Å². The van der Waals surface area contributed by atoms with E-state index in [4.69, 9.17) is 9.47 Å². The van der Waals surface area contributed by atoms with Gasteiger partial charge in [0.2, 0.25) is 0 Å². The highest BCUT2D eigenvalue weighted by Crippen LogP contribution is 2.32. The smallest absolute Gasteiger partial charge is 0.343 e. The Labute approximate surface area is 146 Å². The van der Waals surface area contributed by atoms with Crippen LogP contribution in [0.3, 0.4) is 0 Å². The van der Waals surface area contributed by atoms with Gasteiger partial charge in [-0.15, -0.1) is 0 Å². The number of benzene rings is 1. The van der Waals surface area contributed by atoms with Gasteiger partial charge in [-0.1, -0.05) is 0 Å². The number of carbonyl (C=O) groups excluding carboxylic acids is 3. The molecule has 0 fully saturated rings. The molecule has 0 aliphatic rings. The second-order valence-electron chi connectivity index (χ2n) is 4.01. The summed E-state index contributed by atoms with van der Waals surface area (Å²) < 4.78 is 24.7. The van der Waals surface area contributed by atoms with Crippen LogP contribution in [0.25, 0.3) is 0 Å². The van der Waals surface area contributed by atoms with Gasteiger partial charge >= 0.3 is 17.9 Å². The highest BCUT2D eigenvalue weighted by molar-refractivity contribution is 14.1. The summed E-state index contributed by atoms with van der Waals surface area (Å²) in [5.41, 5.74) is 0.146. The standard InChI is InChI=1S/C14H15IO8/c1-19-11(16)6-22-9-4-8(14(18)21-3)5-10(13(9)15)23-7-12(17)20-2/h4-5H,6-7H2,1-3H3. The van der Waals surface area contributed by atoms with Crippen LogP contribution in [-0.2, 0) is 23.8 Å². The summed E-state index contributed by atoms with van der Waals surface area (Å²) in [4.78, 5) is 34.1. The topological polar surface area (TPSA) is 97.4 Å². The van der Waals surface area contributed by atoms with Crippen molar-refractivity contribution in [2.45, 2.75) is 0 Å². The molecular weight excluding hydrogens is 423 g/mol. The number of ether oxygens (including phenoxy) is 5. The largest absolute Gasteiger partial charge is 0.481 e. The fourth-order valence-corrected chi connectivity index (χ4v) is 2.03. The second-order valence-corrected chi connectivity index (χ2v) is 5.09. The Kier molecular flexibility index (Phi) is 7.59. The number of rotatable bonds is 7. The van der Waals surface area contributed by atoms with Crippen molar-refractivity contribution in [3.8, 4) is 11.5 Å². The Balaban J connectivity index is 3.08. The zero-order valence-corrected chi connectivity index (χ0v) is 14.9. The molecule has 0 N–H and O–H groups in total. The van der Waals surface area contributed by atoms with E-state index in [-0.39, 0.29) is 30.3 Å². The maximum absolute atomic E-state index is 11.7. The molecule has 0 radical (unpaired) electrons. The number of esters is 3. The lowest BCUT2D eigenvalue weighted by atomic mass is 10.2. The SMILES string of the molecule is COC(=O)COc1cc(C(=O)OC)cc(OCC(=O)OC)c1I. The van der Waals surface area contributed by atoms with Gasteiger partial charge in [-0.05, 0) is 34.7 Å². The maximum Gasteiger partial charge on any atom is 0.343 e. The van der Waals surface area contributed by atoms with Gasteiger partial charge in [-0.3, -0.25) is 0 Å². The van der Waals surface area contributed by atoms with Gasteiger partial charge in [-0.25, -0.2) is 14.4 Å². The fraction of sp³-hybridized carbons (Fsp3) is 0.357. The van der Waals surface area contributed by atoms with E-state index >= 15 is 0 Å². The zero-order valence-electron chi connectivity index (χ0n) is 12.7. The molecule has 0 amide bonds. The minimum Gasteiger partial charge on any atom is -0.481 e. The first-order chi connectivity index (χ1) is 10.9. The minimum absolute atomic E-state index is 0.146. The molecule has 1 aromatic carbocycles. The van der Waals surface area contributed by atoms with Crippen LogP contribution in [0.2, 0.25) is 0 Å².